The van der Waals surface area contributed by atoms with Crippen LogP contribution in [0, 0.1) is 5.92 Å². The third kappa shape index (κ3) is 3.24. The van der Waals surface area contributed by atoms with Crippen molar-refractivity contribution in [1.29, 1.82) is 0 Å². The van der Waals surface area contributed by atoms with Crippen LogP contribution in [0.4, 0.5) is 5.69 Å². The zero-order valence-electron chi connectivity index (χ0n) is 9.60. The summed E-state index contributed by atoms with van der Waals surface area (Å²) in [6, 6.07) is 5.81. The van der Waals surface area contributed by atoms with Gasteiger partial charge in [0.25, 0.3) is 0 Å². The molecular formula is C12H18N2O2. The Morgan fingerprint density at radius 2 is 2.00 bits per heavy atom. The van der Waals surface area contributed by atoms with E-state index in [1.165, 1.54) is 12.1 Å². The maximum Gasteiger partial charge on any atom is 0.241 e. The summed E-state index contributed by atoms with van der Waals surface area (Å²) in [6.45, 7) is 3.94. The molecule has 0 aliphatic heterocycles. The highest BCUT2D eigenvalue weighted by Gasteiger charge is 2.19. The predicted molar refractivity (Wildman–Crippen MR) is 64.2 cm³/mol. The molecule has 0 fully saturated rings. The first-order valence-corrected chi connectivity index (χ1v) is 5.40. The minimum Gasteiger partial charge on any atom is -0.508 e. The molecule has 0 aromatic heterocycles. The first-order valence-electron chi connectivity index (χ1n) is 5.40. The molecule has 0 saturated carbocycles. The number of carbonyl (C=O) groups is 1. The summed E-state index contributed by atoms with van der Waals surface area (Å²) in [5.74, 6) is 0.126. The van der Waals surface area contributed by atoms with E-state index in [0.29, 0.717) is 5.69 Å². The smallest absolute Gasteiger partial charge is 0.241 e. The molecule has 0 radical (unpaired) electrons. The number of carbonyl (C=O) groups excluding carboxylic acids is 1. The Labute approximate surface area is 95.5 Å². The number of anilines is 1. The van der Waals surface area contributed by atoms with Crippen molar-refractivity contribution in [2.45, 2.75) is 26.3 Å². The Balaban J connectivity index is 2.60. The van der Waals surface area contributed by atoms with E-state index in [9.17, 15) is 4.79 Å². The number of rotatable bonds is 4. The van der Waals surface area contributed by atoms with Crippen LogP contribution in [0.1, 0.15) is 20.3 Å². The second-order valence-electron chi connectivity index (χ2n) is 3.95. The highest BCUT2D eigenvalue weighted by Crippen LogP contribution is 2.15. The zero-order chi connectivity index (χ0) is 12.1. The quantitative estimate of drug-likeness (QED) is 0.679. The molecule has 0 bridgehead atoms. The maximum absolute atomic E-state index is 11.7. The number of aromatic hydroxyl groups is 1. The Morgan fingerprint density at radius 3 is 2.50 bits per heavy atom. The molecule has 0 spiro atoms. The van der Waals surface area contributed by atoms with Crippen molar-refractivity contribution >= 4 is 11.6 Å². The van der Waals surface area contributed by atoms with Crippen molar-refractivity contribution in [3.63, 3.8) is 0 Å². The second-order valence-corrected chi connectivity index (χ2v) is 3.95. The van der Waals surface area contributed by atoms with Gasteiger partial charge >= 0.3 is 0 Å². The molecule has 0 heterocycles. The molecule has 88 valence electrons. The van der Waals surface area contributed by atoms with Gasteiger partial charge in [-0.05, 0) is 30.2 Å². The lowest BCUT2D eigenvalue weighted by atomic mass is 9.99. The van der Waals surface area contributed by atoms with Gasteiger partial charge in [-0.3, -0.25) is 4.79 Å². The van der Waals surface area contributed by atoms with Crippen LogP contribution in [-0.4, -0.2) is 17.1 Å². The van der Waals surface area contributed by atoms with Crippen molar-refractivity contribution in [3.8, 4) is 5.75 Å². The maximum atomic E-state index is 11.7. The van der Waals surface area contributed by atoms with E-state index in [0.717, 1.165) is 6.42 Å². The van der Waals surface area contributed by atoms with Gasteiger partial charge in [0.15, 0.2) is 0 Å². The number of phenols is 1. The van der Waals surface area contributed by atoms with Crippen molar-refractivity contribution in [2.75, 3.05) is 5.32 Å². The fourth-order valence-electron chi connectivity index (χ4n) is 1.28. The van der Waals surface area contributed by atoms with Crippen LogP contribution in [0.15, 0.2) is 24.3 Å². The summed E-state index contributed by atoms with van der Waals surface area (Å²) in [5.41, 5.74) is 6.43. The Hall–Kier alpha value is -1.55. The van der Waals surface area contributed by atoms with Crippen LogP contribution in [-0.2, 0) is 4.79 Å². The standard InChI is InChI=1S/C12H18N2O2/c1-3-8(2)11(13)12(16)14-9-4-6-10(15)7-5-9/h4-8,11,15H,3,13H2,1-2H3,(H,14,16)/t8-,11-/m0/s1. The molecule has 16 heavy (non-hydrogen) atoms. The van der Waals surface area contributed by atoms with Gasteiger partial charge in [0.1, 0.15) is 5.75 Å². The third-order valence-electron chi connectivity index (χ3n) is 2.69. The molecule has 4 heteroatoms. The van der Waals surface area contributed by atoms with Crippen molar-refractivity contribution in [1.82, 2.24) is 0 Å². The minimum absolute atomic E-state index is 0.150. The lowest BCUT2D eigenvalue weighted by molar-refractivity contribution is -0.118. The molecule has 0 unspecified atom stereocenters. The van der Waals surface area contributed by atoms with Gasteiger partial charge in [-0.25, -0.2) is 0 Å². The average Bonchev–Trinajstić information content (AvgIpc) is 2.30. The van der Waals surface area contributed by atoms with Crippen LogP contribution in [0.25, 0.3) is 0 Å². The van der Waals surface area contributed by atoms with Crippen LogP contribution < -0.4 is 11.1 Å². The van der Waals surface area contributed by atoms with Gasteiger partial charge in [-0.1, -0.05) is 20.3 Å². The van der Waals surface area contributed by atoms with E-state index in [4.69, 9.17) is 10.8 Å². The number of benzene rings is 1. The summed E-state index contributed by atoms with van der Waals surface area (Å²) in [4.78, 5) is 11.7. The van der Waals surface area contributed by atoms with Gasteiger partial charge in [0, 0.05) is 5.69 Å². The molecule has 0 aliphatic carbocycles. The number of nitrogens with one attached hydrogen (secondary N) is 1. The van der Waals surface area contributed by atoms with Crippen LogP contribution in [0.5, 0.6) is 5.75 Å². The summed E-state index contributed by atoms with van der Waals surface area (Å²) >= 11 is 0. The molecule has 0 aliphatic rings. The SMILES string of the molecule is CC[C@H](C)[C@H](N)C(=O)Nc1ccc(O)cc1. The molecule has 1 aromatic carbocycles. The van der Waals surface area contributed by atoms with Crippen LogP contribution >= 0.6 is 0 Å². The molecule has 2 atom stereocenters. The summed E-state index contributed by atoms with van der Waals surface area (Å²) in [6.07, 6.45) is 0.865. The number of phenolic OH excluding ortho intramolecular Hbond substituents is 1. The topological polar surface area (TPSA) is 75.4 Å². The third-order valence-corrected chi connectivity index (χ3v) is 2.69. The highest BCUT2D eigenvalue weighted by molar-refractivity contribution is 5.94. The van der Waals surface area contributed by atoms with E-state index >= 15 is 0 Å². The Morgan fingerprint density at radius 1 is 1.44 bits per heavy atom. The predicted octanol–water partition coefficient (Wildman–Crippen LogP) is 1.70. The number of hydrogen-bond acceptors (Lipinski definition) is 3. The zero-order valence-corrected chi connectivity index (χ0v) is 9.60. The first-order chi connectivity index (χ1) is 7.54. The lowest BCUT2D eigenvalue weighted by Crippen LogP contribution is -2.40. The van der Waals surface area contributed by atoms with Crippen molar-refractivity contribution in [2.24, 2.45) is 11.7 Å². The largest absolute Gasteiger partial charge is 0.508 e. The fraction of sp³-hybridized carbons (Fsp3) is 0.417. The summed E-state index contributed by atoms with van der Waals surface area (Å²) in [7, 11) is 0. The molecule has 1 rings (SSSR count). The van der Waals surface area contributed by atoms with Gasteiger partial charge < -0.3 is 16.2 Å². The number of amides is 1. The monoisotopic (exact) mass is 222 g/mol. The molecule has 1 amide bonds. The normalized spacial score (nSPS) is 14.2. The molecule has 4 N–H and O–H groups in total. The van der Waals surface area contributed by atoms with Crippen LogP contribution in [0.3, 0.4) is 0 Å². The van der Waals surface area contributed by atoms with Gasteiger partial charge in [-0.2, -0.15) is 0 Å². The Bertz CT molecular complexity index is 349. The fourth-order valence-corrected chi connectivity index (χ4v) is 1.28. The van der Waals surface area contributed by atoms with E-state index in [2.05, 4.69) is 5.32 Å². The molecular weight excluding hydrogens is 204 g/mol. The van der Waals surface area contributed by atoms with E-state index in [1.807, 2.05) is 13.8 Å². The number of nitrogens with two attached hydrogens (primary N) is 1. The van der Waals surface area contributed by atoms with E-state index in [1.54, 1.807) is 12.1 Å². The Kier molecular flexibility index (Phi) is 4.31. The van der Waals surface area contributed by atoms with Gasteiger partial charge in [0.05, 0.1) is 6.04 Å². The van der Waals surface area contributed by atoms with Crippen molar-refractivity contribution < 1.29 is 9.90 Å². The highest BCUT2D eigenvalue weighted by atomic mass is 16.3. The van der Waals surface area contributed by atoms with Crippen LogP contribution in [0.2, 0.25) is 0 Å². The summed E-state index contributed by atoms with van der Waals surface area (Å²) in [5, 5.41) is 11.8. The van der Waals surface area contributed by atoms with Gasteiger partial charge in [-0.15, -0.1) is 0 Å². The first kappa shape index (κ1) is 12.5. The lowest BCUT2D eigenvalue weighted by Gasteiger charge is -2.17. The van der Waals surface area contributed by atoms with E-state index < -0.39 is 6.04 Å². The summed E-state index contributed by atoms with van der Waals surface area (Å²) < 4.78 is 0. The van der Waals surface area contributed by atoms with E-state index in [-0.39, 0.29) is 17.6 Å². The molecule has 0 saturated heterocycles. The molecule has 1 aromatic rings. The second kappa shape index (κ2) is 5.51. The number of hydrogen-bond donors (Lipinski definition) is 3. The van der Waals surface area contributed by atoms with Crippen molar-refractivity contribution in [3.05, 3.63) is 24.3 Å². The van der Waals surface area contributed by atoms with Gasteiger partial charge in [0.2, 0.25) is 5.91 Å². The average molecular weight is 222 g/mol. The molecule has 4 nitrogen and oxygen atoms in total. The minimum atomic E-state index is -0.501.